The topological polar surface area (TPSA) is 37.8 Å². The molecule has 0 spiro atoms. The molecule has 1 N–H and O–H groups in total. The van der Waals surface area contributed by atoms with Gasteiger partial charge in [-0.25, -0.2) is 9.97 Å². The predicted octanol–water partition coefficient (Wildman–Crippen LogP) is 2.43. The van der Waals surface area contributed by atoms with Crippen LogP contribution in [0.4, 0.5) is 5.95 Å². The molecule has 0 aliphatic carbocycles. The van der Waals surface area contributed by atoms with Gasteiger partial charge in [-0.1, -0.05) is 0 Å². The van der Waals surface area contributed by atoms with Gasteiger partial charge in [-0.05, 0) is 19.9 Å². The summed E-state index contributed by atoms with van der Waals surface area (Å²) in [6.07, 6.45) is 1.70. The van der Waals surface area contributed by atoms with E-state index in [0.29, 0.717) is 17.7 Å². The zero-order valence-corrected chi connectivity index (χ0v) is 9.73. The molecule has 0 amide bonds. The van der Waals surface area contributed by atoms with Gasteiger partial charge in [0.1, 0.15) is 0 Å². The van der Waals surface area contributed by atoms with Crippen molar-refractivity contribution in [1.29, 1.82) is 0 Å². The third kappa shape index (κ3) is 3.00. The van der Waals surface area contributed by atoms with Crippen LogP contribution < -0.4 is 5.32 Å². The molecule has 0 aliphatic heterocycles. The first-order chi connectivity index (χ1) is 6.59. The predicted molar refractivity (Wildman–Crippen MR) is 60.2 cm³/mol. The largest absolute Gasteiger partial charge is 0.347 e. The second-order valence-corrected chi connectivity index (χ2v) is 4.01. The highest BCUT2D eigenvalue weighted by atomic mass is 35.5. The highest BCUT2D eigenvalue weighted by Crippen LogP contribution is 2.14. The summed E-state index contributed by atoms with van der Waals surface area (Å²) in [7, 11) is 0. The Morgan fingerprint density at radius 1 is 1.43 bits per heavy atom. The first kappa shape index (κ1) is 11.5. The average molecular weight is 234 g/mol. The van der Waals surface area contributed by atoms with Crippen molar-refractivity contribution in [2.24, 2.45) is 0 Å². The molecule has 0 saturated carbocycles. The van der Waals surface area contributed by atoms with Crippen LogP contribution in [0, 0.1) is 6.92 Å². The van der Waals surface area contributed by atoms with E-state index in [9.17, 15) is 0 Å². The van der Waals surface area contributed by atoms with Crippen LogP contribution >= 0.6 is 23.2 Å². The number of aryl methyl sites for hydroxylation is 1. The minimum absolute atomic E-state index is 0.364. The summed E-state index contributed by atoms with van der Waals surface area (Å²) in [5, 5.41) is 3.11. The minimum Gasteiger partial charge on any atom is -0.347 e. The normalized spacial score (nSPS) is 11.4. The number of halogens is 2. The summed E-state index contributed by atoms with van der Waals surface area (Å²) < 4.78 is 0. The lowest BCUT2D eigenvalue weighted by Gasteiger charge is -2.25. The summed E-state index contributed by atoms with van der Waals surface area (Å²) >= 11 is 11.6. The van der Waals surface area contributed by atoms with E-state index in [1.54, 1.807) is 6.20 Å². The van der Waals surface area contributed by atoms with Crippen molar-refractivity contribution in [3.8, 4) is 0 Å². The number of hydrogen-bond donors (Lipinski definition) is 1. The molecule has 0 radical (unpaired) electrons. The molecule has 0 saturated heterocycles. The summed E-state index contributed by atoms with van der Waals surface area (Å²) in [6.45, 7) is 3.84. The Labute approximate surface area is 93.9 Å². The van der Waals surface area contributed by atoms with Gasteiger partial charge in [0.05, 0.1) is 5.54 Å². The fourth-order valence-electron chi connectivity index (χ4n) is 0.882. The molecule has 0 unspecified atom stereocenters. The lowest BCUT2D eigenvalue weighted by Crippen LogP contribution is -2.39. The maximum absolute atomic E-state index is 5.80. The standard InChI is InChI=1S/C9H13Cl2N3/c1-7-3-4-12-8(13-7)14-9(2,5-10)6-11/h3-4H,5-6H2,1-2H3,(H,12,13,14). The van der Waals surface area contributed by atoms with E-state index in [1.165, 1.54) is 0 Å². The van der Waals surface area contributed by atoms with E-state index in [2.05, 4.69) is 15.3 Å². The van der Waals surface area contributed by atoms with Crippen LogP contribution in [0.25, 0.3) is 0 Å². The molecule has 0 atom stereocenters. The highest BCUT2D eigenvalue weighted by Gasteiger charge is 2.22. The first-order valence-electron chi connectivity index (χ1n) is 4.29. The Balaban J connectivity index is 2.77. The zero-order chi connectivity index (χ0) is 10.6. The molecule has 0 aromatic carbocycles. The Morgan fingerprint density at radius 3 is 2.57 bits per heavy atom. The van der Waals surface area contributed by atoms with Gasteiger partial charge >= 0.3 is 0 Å². The molecular formula is C9H13Cl2N3. The number of hydrogen-bond acceptors (Lipinski definition) is 3. The summed E-state index contributed by atoms with van der Waals surface area (Å²) in [4.78, 5) is 8.30. The number of nitrogens with zero attached hydrogens (tertiary/aromatic N) is 2. The lowest BCUT2D eigenvalue weighted by molar-refractivity contribution is 0.640. The molecule has 1 heterocycles. The van der Waals surface area contributed by atoms with Gasteiger partial charge in [-0.2, -0.15) is 0 Å². The number of alkyl halides is 2. The molecule has 1 aromatic heterocycles. The monoisotopic (exact) mass is 233 g/mol. The third-order valence-corrected chi connectivity index (χ3v) is 2.98. The van der Waals surface area contributed by atoms with Crippen LogP contribution in [-0.2, 0) is 0 Å². The fourth-order valence-corrected chi connectivity index (χ4v) is 1.30. The summed E-state index contributed by atoms with van der Waals surface area (Å²) in [5.41, 5.74) is 0.547. The van der Waals surface area contributed by atoms with E-state index >= 15 is 0 Å². The number of aromatic nitrogens is 2. The van der Waals surface area contributed by atoms with Crippen LogP contribution in [0.1, 0.15) is 12.6 Å². The maximum atomic E-state index is 5.80. The van der Waals surface area contributed by atoms with Gasteiger partial charge in [0, 0.05) is 23.7 Å². The average Bonchev–Trinajstić information content (AvgIpc) is 2.18. The molecule has 0 bridgehead atoms. The van der Waals surface area contributed by atoms with E-state index < -0.39 is 0 Å². The van der Waals surface area contributed by atoms with Crippen molar-refractivity contribution >= 4 is 29.2 Å². The van der Waals surface area contributed by atoms with Crippen molar-refractivity contribution < 1.29 is 0 Å². The van der Waals surface area contributed by atoms with Crippen molar-refractivity contribution in [3.05, 3.63) is 18.0 Å². The van der Waals surface area contributed by atoms with Crippen molar-refractivity contribution in [1.82, 2.24) is 9.97 Å². The molecule has 5 heteroatoms. The van der Waals surface area contributed by atoms with Crippen LogP contribution in [-0.4, -0.2) is 27.3 Å². The Hall–Kier alpha value is -0.540. The smallest absolute Gasteiger partial charge is 0.223 e. The van der Waals surface area contributed by atoms with Gasteiger partial charge < -0.3 is 5.32 Å². The molecule has 0 aliphatic rings. The van der Waals surface area contributed by atoms with Gasteiger partial charge in [-0.3, -0.25) is 0 Å². The maximum Gasteiger partial charge on any atom is 0.223 e. The van der Waals surface area contributed by atoms with Crippen molar-refractivity contribution in [2.75, 3.05) is 17.1 Å². The molecule has 0 fully saturated rings. The van der Waals surface area contributed by atoms with Crippen LogP contribution in [0.2, 0.25) is 0 Å². The lowest BCUT2D eigenvalue weighted by atomic mass is 10.1. The summed E-state index contributed by atoms with van der Waals surface area (Å²) in [5.74, 6) is 1.38. The van der Waals surface area contributed by atoms with Gasteiger partial charge in [0.25, 0.3) is 0 Å². The molecule has 14 heavy (non-hydrogen) atoms. The van der Waals surface area contributed by atoms with E-state index in [4.69, 9.17) is 23.2 Å². The second-order valence-electron chi connectivity index (χ2n) is 3.47. The molecule has 3 nitrogen and oxygen atoms in total. The fraction of sp³-hybridized carbons (Fsp3) is 0.556. The molecule has 78 valence electrons. The van der Waals surface area contributed by atoms with Gasteiger partial charge in [0.15, 0.2) is 0 Å². The van der Waals surface area contributed by atoms with Crippen LogP contribution in [0.3, 0.4) is 0 Å². The first-order valence-corrected chi connectivity index (χ1v) is 5.36. The Kier molecular flexibility index (Phi) is 3.96. The van der Waals surface area contributed by atoms with Crippen molar-refractivity contribution in [2.45, 2.75) is 19.4 Å². The quantitative estimate of drug-likeness (QED) is 0.813. The van der Waals surface area contributed by atoms with E-state index in [-0.39, 0.29) is 5.54 Å². The number of rotatable bonds is 4. The third-order valence-electron chi connectivity index (χ3n) is 1.80. The van der Waals surface area contributed by atoms with Gasteiger partial charge in [-0.15, -0.1) is 23.2 Å². The van der Waals surface area contributed by atoms with Crippen LogP contribution in [0.15, 0.2) is 12.3 Å². The van der Waals surface area contributed by atoms with Gasteiger partial charge in [0.2, 0.25) is 5.95 Å². The molecule has 1 rings (SSSR count). The minimum atomic E-state index is -0.364. The highest BCUT2D eigenvalue weighted by molar-refractivity contribution is 6.22. The van der Waals surface area contributed by atoms with E-state index in [0.717, 1.165) is 5.69 Å². The SMILES string of the molecule is Cc1ccnc(NC(C)(CCl)CCl)n1. The Morgan fingerprint density at radius 2 is 2.07 bits per heavy atom. The van der Waals surface area contributed by atoms with E-state index in [1.807, 2.05) is 19.9 Å². The Bertz CT molecular complexity index is 300. The molecular weight excluding hydrogens is 221 g/mol. The number of anilines is 1. The second kappa shape index (κ2) is 4.80. The van der Waals surface area contributed by atoms with Crippen molar-refractivity contribution in [3.63, 3.8) is 0 Å². The number of nitrogens with one attached hydrogen (secondary N) is 1. The zero-order valence-electron chi connectivity index (χ0n) is 8.22. The van der Waals surface area contributed by atoms with Crippen LogP contribution in [0.5, 0.6) is 0 Å². The molecule has 1 aromatic rings. The summed E-state index contributed by atoms with van der Waals surface area (Å²) in [6, 6.07) is 1.84.